The minimum Gasteiger partial charge on any atom is -0.475 e. The van der Waals surface area contributed by atoms with Crippen LogP contribution in [0.25, 0.3) is 5.69 Å². The second-order valence-electron chi connectivity index (χ2n) is 8.52. The van der Waals surface area contributed by atoms with E-state index in [1.54, 1.807) is 47.3 Å². The highest BCUT2D eigenvalue weighted by molar-refractivity contribution is 7.89. The molecule has 1 aromatic carbocycles. The SMILES string of the molecule is Cc1ccncc1NC(=O)c1ncn2c1CN(CC(C)C)S(=O)(=O)c1ccccc1-2.O=C(O)C(F)(F)F. The van der Waals surface area contributed by atoms with E-state index in [0.29, 0.717) is 23.6 Å². The number of aromatic nitrogens is 3. The summed E-state index contributed by atoms with van der Waals surface area (Å²) in [6.07, 6.45) is -0.348. The number of alkyl halides is 3. The van der Waals surface area contributed by atoms with Crippen LogP contribution in [0.2, 0.25) is 0 Å². The highest BCUT2D eigenvalue weighted by Gasteiger charge is 2.38. The highest BCUT2D eigenvalue weighted by atomic mass is 32.2. The number of nitrogens with zero attached hydrogens (tertiary/aromatic N) is 4. The molecule has 14 heteroatoms. The molecule has 3 heterocycles. The molecule has 0 radical (unpaired) electrons. The van der Waals surface area contributed by atoms with Crippen molar-refractivity contribution in [3.8, 4) is 5.69 Å². The lowest BCUT2D eigenvalue weighted by Gasteiger charge is -2.22. The van der Waals surface area contributed by atoms with Crippen LogP contribution in [0.4, 0.5) is 18.9 Å². The second-order valence-corrected chi connectivity index (χ2v) is 10.4. The van der Waals surface area contributed by atoms with Crippen LogP contribution in [0.5, 0.6) is 0 Å². The van der Waals surface area contributed by atoms with Crippen LogP contribution in [0.15, 0.2) is 53.9 Å². The van der Waals surface area contributed by atoms with Gasteiger partial charge in [0.25, 0.3) is 5.91 Å². The summed E-state index contributed by atoms with van der Waals surface area (Å²) in [5, 5.41) is 9.96. The lowest BCUT2D eigenvalue weighted by molar-refractivity contribution is -0.192. The molecule has 10 nitrogen and oxygen atoms in total. The molecule has 1 amide bonds. The number of benzene rings is 1. The summed E-state index contributed by atoms with van der Waals surface area (Å²) >= 11 is 0. The third-order valence-corrected chi connectivity index (χ3v) is 7.11. The van der Waals surface area contributed by atoms with Crippen LogP contribution >= 0.6 is 0 Å². The number of carboxylic acid groups (broad SMARTS) is 1. The lowest BCUT2D eigenvalue weighted by Crippen LogP contribution is -2.33. The largest absolute Gasteiger partial charge is 0.490 e. The average molecular weight is 540 g/mol. The fourth-order valence-electron chi connectivity index (χ4n) is 3.53. The maximum Gasteiger partial charge on any atom is 0.490 e. The molecule has 37 heavy (non-hydrogen) atoms. The van der Waals surface area contributed by atoms with Gasteiger partial charge in [0, 0.05) is 12.7 Å². The van der Waals surface area contributed by atoms with Crippen LogP contribution in [-0.2, 0) is 21.4 Å². The third kappa shape index (κ3) is 6.14. The highest BCUT2D eigenvalue weighted by Crippen LogP contribution is 2.32. The Balaban J connectivity index is 0.000000479. The summed E-state index contributed by atoms with van der Waals surface area (Å²) < 4.78 is 61.5. The number of anilines is 1. The van der Waals surface area contributed by atoms with Gasteiger partial charge >= 0.3 is 12.1 Å². The van der Waals surface area contributed by atoms with Crippen LogP contribution in [-0.4, -0.2) is 57.0 Å². The van der Waals surface area contributed by atoms with Gasteiger partial charge in [0.2, 0.25) is 10.0 Å². The van der Waals surface area contributed by atoms with Crippen LogP contribution in [0, 0.1) is 12.8 Å². The molecule has 0 atom stereocenters. The summed E-state index contributed by atoms with van der Waals surface area (Å²) in [6.45, 7) is 6.19. The number of halogens is 3. The van der Waals surface area contributed by atoms with Gasteiger partial charge < -0.3 is 10.4 Å². The summed E-state index contributed by atoms with van der Waals surface area (Å²) in [7, 11) is -3.72. The lowest BCUT2D eigenvalue weighted by atomic mass is 10.2. The van der Waals surface area contributed by atoms with Crippen molar-refractivity contribution in [2.45, 2.75) is 38.4 Å². The Morgan fingerprint density at radius 1 is 1.19 bits per heavy atom. The van der Waals surface area contributed by atoms with Gasteiger partial charge in [-0.05, 0) is 36.6 Å². The number of carbonyl (C=O) groups excluding carboxylic acids is 1. The number of sulfonamides is 1. The van der Waals surface area contributed by atoms with Crippen molar-refractivity contribution in [2.24, 2.45) is 5.92 Å². The van der Waals surface area contributed by atoms with E-state index in [-0.39, 0.29) is 23.1 Å². The number of nitrogens with one attached hydrogen (secondary N) is 1. The summed E-state index contributed by atoms with van der Waals surface area (Å²) in [6, 6.07) is 8.59. The molecule has 0 saturated heterocycles. The van der Waals surface area contributed by atoms with Gasteiger partial charge in [-0.2, -0.15) is 17.5 Å². The Bertz CT molecular complexity index is 1420. The number of hydrogen-bond donors (Lipinski definition) is 2. The minimum absolute atomic E-state index is 0.0595. The standard InChI is InChI=1S/C21H23N5O3S.C2HF3O2/c1-14(2)11-25-12-18-20(21(27)24-16-10-22-9-8-15(16)3)23-13-26(18)17-6-4-5-7-19(17)30(25,28)29;3-2(4,5)1(6)7/h4-10,13-14H,11-12H2,1-3H3,(H,24,27);(H,6,7). The number of rotatable bonds is 4. The Labute approximate surface area is 210 Å². The maximum atomic E-state index is 13.3. The Kier molecular flexibility index (Phi) is 8.03. The topological polar surface area (TPSA) is 134 Å². The van der Waals surface area contributed by atoms with Crippen molar-refractivity contribution in [3.05, 3.63) is 66.0 Å². The molecule has 198 valence electrons. The molecular weight excluding hydrogens is 515 g/mol. The number of hydrogen-bond acceptors (Lipinski definition) is 6. The monoisotopic (exact) mass is 539 g/mol. The maximum absolute atomic E-state index is 13.3. The first-order chi connectivity index (χ1) is 17.2. The first-order valence-corrected chi connectivity index (χ1v) is 12.3. The van der Waals surface area contributed by atoms with Gasteiger partial charge in [-0.3, -0.25) is 14.3 Å². The zero-order chi connectivity index (χ0) is 27.5. The van der Waals surface area contributed by atoms with Crippen LogP contribution in [0.3, 0.4) is 0 Å². The quantitative estimate of drug-likeness (QED) is 0.517. The summed E-state index contributed by atoms with van der Waals surface area (Å²) in [4.78, 5) is 30.5. The van der Waals surface area contributed by atoms with E-state index in [1.165, 1.54) is 10.6 Å². The van der Waals surface area contributed by atoms with Crippen molar-refractivity contribution in [2.75, 3.05) is 11.9 Å². The number of amides is 1. The average Bonchev–Trinajstić information content (AvgIpc) is 3.20. The van der Waals surface area contributed by atoms with E-state index >= 15 is 0 Å². The second kappa shape index (κ2) is 10.7. The third-order valence-electron chi connectivity index (χ3n) is 5.25. The molecule has 1 aliphatic heterocycles. The molecule has 0 unspecified atom stereocenters. The first-order valence-electron chi connectivity index (χ1n) is 10.9. The van der Waals surface area contributed by atoms with Crippen LogP contribution in [0.1, 0.15) is 35.6 Å². The van der Waals surface area contributed by atoms with Crippen molar-refractivity contribution in [3.63, 3.8) is 0 Å². The predicted octanol–water partition coefficient (Wildman–Crippen LogP) is 3.62. The van der Waals surface area contributed by atoms with Gasteiger partial charge in [0.1, 0.15) is 11.2 Å². The molecule has 0 aliphatic carbocycles. The van der Waals surface area contributed by atoms with E-state index in [1.807, 2.05) is 20.8 Å². The molecule has 4 rings (SSSR count). The number of pyridine rings is 1. The Morgan fingerprint density at radius 3 is 2.43 bits per heavy atom. The molecule has 2 aromatic heterocycles. The number of fused-ring (bicyclic) bond motifs is 3. The van der Waals surface area contributed by atoms with Crippen molar-refractivity contribution >= 4 is 27.6 Å². The fourth-order valence-corrected chi connectivity index (χ4v) is 5.28. The minimum atomic E-state index is -5.08. The van der Waals surface area contributed by atoms with E-state index in [9.17, 15) is 26.4 Å². The van der Waals surface area contributed by atoms with E-state index in [2.05, 4.69) is 15.3 Å². The zero-order valence-electron chi connectivity index (χ0n) is 20.0. The number of carboxylic acids is 1. The molecule has 1 aliphatic rings. The zero-order valence-corrected chi connectivity index (χ0v) is 20.8. The normalized spacial score (nSPS) is 14.6. The molecule has 0 bridgehead atoms. The van der Waals surface area contributed by atoms with Gasteiger partial charge in [-0.15, -0.1) is 0 Å². The molecule has 0 fully saturated rings. The van der Waals surface area contributed by atoms with Gasteiger partial charge in [-0.1, -0.05) is 26.0 Å². The van der Waals surface area contributed by atoms with Gasteiger partial charge in [0.05, 0.1) is 29.8 Å². The fraction of sp³-hybridized carbons (Fsp3) is 0.304. The van der Waals surface area contributed by atoms with E-state index in [0.717, 1.165) is 5.56 Å². The Hall–Kier alpha value is -3.78. The van der Waals surface area contributed by atoms with E-state index in [4.69, 9.17) is 9.90 Å². The van der Waals surface area contributed by atoms with Gasteiger partial charge in [0.15, 0.2) is 5.69 Å². The predicted molar refractivity (Wildman–Crippen MR) is 127 cm³/mol. The molecule has 3 aromatic rings. The summed E-state index contributed by atoms with van der Waals surface area (Å²) in [5.74, 6) is -3.04. The number of aliphatic carboxylic acids is 1. The van der Waals surface area contributed by atoms with Crippen molar-refractivity contribution in [1.82, 2.24) is 18.8 Å². The van der Waals surface area contributed by atoms with Gasteiger partial charge in [-0.25, -0.2) is 18.2 Å². The molecule has 0 spiro atoms. The molecule has 2 N–H and O–H groups in total. The Morgan fingerprint density at radius 2 is 1.84 bits per heavy atom. The van der Waals surface area contributed by atoms with E-state index < -0.39 is 28.1 Å². The number of aryl methyl sites for hydroxylation is 1. The summed E-state index contributed by atoms with van der Waals surface area (Å²) in [5.41, 5.74) is 2.67. The number of para-hydroxylation sites is 1. The molecular formula is C23H24F3N5O5S. The molecule has 0 saturated carbocycles. The van der Waals surface area contributed by atoms with Crippen molar-refractivity contribution in [1.29, 1.82) is 0 Å². The number of imidazole rings is 1. The smallest absolute Gasteiger partial charge is 0.475 e. The van der Waals surface area contributed by atoms with Crippen LogP contribution < -0.4 is 5.32 Å². The number of carbonyl (C=O) groups is 2. The van der Waals surface area contributed by atoms with Crippen molar-refractivity contribution < 1.29 is 36.3 Å². The first kappa shape index (κ1) is 27.8.